The molecule has 0 amide bonds. The number of alkyl halides is 2. The largest absolute Gasteiger partial charge is 0.457 e. The van der Waals surface area contributed by atoms with Gasteiger partial charge in [0.05, 0.1) is 17.5 Å². The summed E-state index contributed by atoms with van der Waals surface area (Å²) in [6.45, 7) is 3.29. The minimum atomic E-state index is -2.69. The molecule has 3 rings (SSSR count). The van der Waals surface area contributed by atoms with Crippen LogP contribution in [-0.2, 0) is 12.2 Å². The molecule has 0 bridgehead atoms. The zero-order chi connectivity index (χ0) is 19.6. The summed E-state index contributed by atoms with van der Waals surface area (Å²) in [5, 5.41) is 17.7. The van der Waals surface area contributed by atoms with E-state index in [1.165, 1.54) is 29.2 Å². The summed E-state index contributed by atoms with van der Waals surface area (Å²) in [7, 11) is 0. The number of hydrogen-bond acceptors (Lipinski definition) is 6. The molecular formula is C17H16ClF2N5O2. The lowest BCUT2D eigenvalue weighted by Crippen LogP contribution is -2.16. The van der Waals surface area contributed by atoms with Gasteiger partial charge in [-0.3, -0.25) is 0 Å². The Morgan fingerprint density at radius 2 is 1.96 bits per heavy atom. The molecule has 0 saturated carbocycles. The summed E-state index contributed by atoms with van der Waals surface area (Å²) in [5.74, 6) is 0. The van der Waals surface area contributed by atoms with Gasteiger partial charge in [0.1, 0.15) is 12.3 Å². The molecule has 27 heavy (non-hydrogen) atoms. The number of halogens is 3. The second-order valence-electron chi connectivity index (χ2n) is 6.26. The van der Waals surface area contributed by atoms with Crippen molar-refractivity contribution in [2.24, 2.45) is 0 Å². The summed E-state index contributed by atoms with van der Waals surface area (Å²) < 4.78 is 32.7. The van der Waals surface area contributed by atoms with Crippen LogP contribution in [0.4, 0.5) is 8.78 Å². The van der Waals surface area contributed by atoms with Gasteiger partial charge < -0.3 is 9.84 Å². The number of hydrogen-bond donors (Lipinski definition) is 1. The quantitative estimate of drug-likeness (QED) is 0.688. The molecule has 0 aliphatic carbocycles. The lowest BCUT2D eigenvalue weighted by molar-refractivity contribution is 0.0775. The zero-order valence-electron chi connectivity index (χ0n) is 14.5. The van der Waals surface area contributed by atoms with Gasteiger partial charge in [-0.2, -0.15) is 0 Å². The molecular weight excluding hydrogens is 380 g/mol. The fourth-order valence-electron chi connectivity index (χ4n) is 2.18. The van der Waals surface area contributed by atoms with E-state index in [4.69, 9.17) is 16.3 Å². The summed E-state index contributed by atoms with van der Waals surface area (Å²) >= 11 is 5.77. The Labute approximate surface area is 158 Å². The summed E-state index contributed by atoms with van der Waals surface area (Å²) in [6.07, 6.45) is 1.80. The molecule has 0 aliphatic heterocycles. The molecule has 2 heterocycles. The zero-order valence-corrected chi connectivity index (χ0v) is 15.2. The van der Waals surface area contributed by atoms with Gasteiger partial charge in [0.25, 0.3) is 6.43 Å². The SMILES string of the molecule is CC(C)(O)c1cnc(OCc2cn(-c3ccc(Cl)c(C(F)F)c3)nn2)nc1. The van der Waals surface area contributed by atoms with Gasteiger partial charge in [-0.1, -0.05) is 16.8 Å². The summed E-state index contributed by atoms with van der Waals surface area (Å²) in [6, 6.07) is 4.31. The summed E-state index contributed by atoms with van der Waals surface area (Å²) in [4.78, 5) is 8.04. The lowest BCUT2D eigenvalue weighted by Gasteiger charge is -2.16. The van der Waals surface area contributed by atoms with E-state index >= 15 is 0 Å². The minimum absolute atomic E-state index is 0.0101. The van der Waals surface area contributed by atoms with Gasteiger partial charge in [0, 0.05) is 28.5 Å². The van der Waals surface area contributed by atoms with Crippen molar-refractivity contribution in [2.75, 3.05) is 0 Å². The molecule has 2 aromatic heterocycles. The van der Waals surface area contributed by atoms with Crippen LogP contribution in [0.5, 0.6) is 6.01 Å². The van der Waals surface area contributed by atoms with Crippen LogP contribution in [0.2, 0.25) is 5.02 Å². The van der Waals surface area contributed by atoms with Crippen LogP contribution in [0.25, 0.3) is 5.69 Å². The molecule has 10 heteroatoms. The minimum Gasteiger partial charge on any atom is -0.457 e. The Kier molecular flexibility index (Phi) is 5.33. The third-order valence-corrected chi connectivity index (χ3v) is 4.05. The molecule has 0 radical (unpaired) electrons. The van der Waals surface area contributed by atoms with Crippen molar-refractivity contribution < 1.29 is 18.6 Å². The highest BCUT2D eigenvalue weighted by molar-refractivity contribution is 6.31. The van der Waals surface area contributed by atoms with Crippen LogP contribution < -0.4 is 4.74 Å². The maximum atomic E-state index is 13.0. The Hall–Kier alpha value is -2.65. The van der Waals surface area contributed by atoms with Crippen molar-refractivity contribution in [3.05, 3.63) is 58.6 Å². The molecule has 7 nitrogen and oxygen atoms in total. The van der Waals surface area contributed by atoms with E-state index in [0.29, 0.717) is 16.9 Å². The Balaban J connectivity index is 1.69. The highest BCUT2D eigenvalue weighted by Gasteiger charge is 2.17. The lowest BCUT2D eigenvalue weighted by atomic mass is 10.0. The maximum absolute atomic E-state index is 13.0. The van der Waals surface area contributed by atoms with E-state index < -0.39 is 12.0 Å². The van der Waals surface area contributed by atoms with E-state index in [-0.39, 0.29) is 23.2 Å². The topological polar surface area (TPSA) is 86.0 Å². The van der Waals surface area contributed by atoms with E-state index in [9.17, 15) is 13.9 Å². The molecule has 0 aliphatic rings. The van der Waals surface area contributed by atoms with Crippen LogP contribution in [-0.4, -0.2) is 30.1 Å². The highest BCUT2D eigenvalue weighted by atomic mass is 35.5. The second kappa shape index (κ2) is 7.53. The van der Waals surface area contributed by atoms with Crippen LogP contribution >= 0.6 is 11.6 Å². The van der Waals surface area contributed by atoms with Crippen molar-refractivity contribution in [3.8, 4) is 11.7 Å². The van der Waals surface area contributed by atoms with Gasteiger partial charge >= 0.3 is 6.01 Å². The monoisotopic (exact) mass is 395 g/mol. The normalized spacial score (nSPS) is 11.8. The van der Waals surface area contributed by atoms with Crippen LogP contribution in [0.15, 0.2) is 36.8 Å². The first kappa shape index (κ1) is 19.1. The van der Waals surface area contributed by atoms with E-state index in [1.54, 1.807) is 26.1 Å². The number of nitrogens with zero attached hydrogens (tertiary/aromatic N) is 5. The van der Waals surface area contributed by atoms with E-state index in [2.05, 4.69) is 20.3 Å². The van der Waals surface area contributed by atoms with Gasteiger partial charge in [-0.25, -0.2) is 23.4 Å². The maximum Gasteiger partial charge on any atom is 0.316 e. The third-order valence-electron chi connectivity index (χ3n) is 3.70. The molecule has 0 atom stereocenters. The number of benzene rings is 1. The van der Waals surface area contributed by atoms with Crippen LogP contribution in [0.1, 0.15) is 37.1 Å². The number of rotatable bonds is 6. The fraction of sp³-hybridized carbons (Fsp3) is 0.294. The molecule has 1 aromatic carbocycles. The van der Waals surface area contributed by atoms with Crippen molar-refractivity contribution in [2.45, 2.75) is 32.5 Å². The van der Waals surface area contributed by atoms with E-state index in [0.717, 1.165) is 0 Å². The predicted molar refractivity (Wildman–Crippen MR) is 92.9 cm³/mol. The number of aliphatic hydroxyl groups is 1. The fourth-order valence-corrected chi connectivity index (χ4v) is 2.38. The molecule has 0 fully saturated rings. The number of ether oxygens (including phenoxy) is 1. The second-order valence-corrected chi connectivity index (χ2v) is 6.67. The first-order chi connectivity index (χ1) is 12.7. The molecule has 1 N–H and O–H groups in total. The molecule has 0 unspecified atom stereocenters. The van der Waals surface area contributed by atoms with Crippen molar-refractivity contribution >= 4 is 11.6 Å². The highest BCUT2D eigenvalue weighted by Crippen LogP contribution is 2.28. The smallest absolute Gasteiger partial charge is 0.316 e. The molecule has 0 spiro atoms. The van der Waals surface area contributed by atoms with Gasteiger partial charge in [0.15, 0.2) is 0 Å². The predicted octanol–water partition coefficient (Wildman–Crippen LogP) is 3.45. The van der Waals surface area contributed by atoms with E-state index in [1.807, 2.05) is 0 Å². The van der Waals surface area contributed by atoms with Gasteiger partial charge in [0.2, 0.25) is 0 Å². The molecule has 142 valence electrons. The third kappa shape index (κ3) is 4.55. The van der Waals surface area contributed by atoms with Crippen LogP contribution in [0, 0.1) is 0 Å². The Bertz CT molecular complexity index is 926. The van der Waals surface area contributed by atoms with Crippen molar-refractivity contribution in [1.29, 1.82) is 0 Å². The van der Waals surface area contributed by atoms with Crippen molar-refractivity contribution in [3.63, 3.8) is 0 Å². The first-order valence-electron chi connectivity index (χ1n) is 7.91. The number of aromatic nitrogens is 5. The van der Waals surface area contributed by atoms with Crippen LogP contribution in [0.3, 0.4) is 0 Å². The Morgan fingerprint density at radius 1 is 1.26 bits per heavy atom. The average Bonchev–Trinajstić information content (AvgIpc) is 3.09. The Morgan fingerprint density at radius 3 is 2.59 bits per heavy atom. The summed E-state index contributed by atoms with van der Waals surface area (Å²) in [5.41, 5.74) is 0.0933. The molecule has 0 saturated heterocycles. The van der Waals surface area contributed by atoms with Gasteiger partial charge in [-0.05, 0) is 32.0 Å². The van der Waals surface area contributed by atoms with Crippen molar-refractivity contribution in [1.82, 2.24) is 25.0 Å². The average molecular weight is 396 g/mol. The van der Waals surface area contributed by atoms with Gasteiger partial charge in [-0.15, -0.1) is 5.10 Å². The first-order valence-corrected chi connectivity index (χ1v) is 8.29. The standard InChI is InChI=1S/C17H16ClF2N5O2/c1-17(2,26)10-6-21-16(22-7-10)27-9-11-8-25(24-23-11)12-3-4-14(18)13(5-12)15(19)20/h3-8,15,26H,9H2,1-2H3. The molecule has 3 aromatic rings.